The van der Waals surface area contributed by atoms with Crippen molar-refractivity contribution in [2.75, 3.05) is 5.75 Å². The number of nitrogens with two attached hydrogens (primary N) is 1. The first kappa shape index (κ1) is 7.66. The third-order valence-electron chi connectivity index (χ3n) is 0.886. The molecule has 0 aliphatic rings. The molecule has 0 fully saturated rings. The molecule has 0 rings (SSSR count). The molecule has 1 nitrogen and oxygen atoms in total. The summed E-state index contributed by atoms with van der Waals surface area (Å²) in [5.41, 5.74) is 5.50. The minimum absolute atomic E-state index is 0.358. The summed E-state index contributed by atoms with van der Waals surface area (Å²) in [5.74, 6) is 0.632. The number of thiol groups is 2. The second-order valence-electron chi connectivity index (χ2n) is 1.62. The third-order valence-corrected chi connectivity index (χ3v) is 2.17. The standard InChI is InChI=1S/C4H11NS2/c1-2-4(5,7)3-6/h6-7H,2-3,5H2,1H3. The molecule has 0 aromatic heterocycles. The topological polar surface area (TPSA) is 26.0 Å². The third kappa shape index (κ3) is 3.26. The maximum Gasteiger partial charge on any atom is 0.0676 e. The predicted molar refractivity (Wildman–Crippen MR) is 40.0 cm³/mol. The lowest BCUT2D eigenvalue weighted by atomic mass is 10.3. The van der Waals surface area contributed by atoms with Gasteiger partial charge in [0.05, 0.1) is 4.87 Å². The highest BCUT2D eigenvalue weighted by Gasteiger charge is 2.12. The monoisotopic (exact) mass is 137 g/mol. The van der Waals surface area contributed by atoms with Crippen molar-refractivity contribution in [3.8, 4) is 0 Å². The van der Waals surface area contributed by atoms with Crippen molar-refractivity contribution in [3.05, 3.63) is 0 Å². The van der Waals surface area contributed by atoms with Gasteiger partial charge in [-0.25, -0.2) is 0 Å². The van der Waals surface area contributed by atoms with E-state index in [0.717, 1.165) is 6.42 Å². The van der Waals surface area contributed by atoms with Crippen LogP contribution in [0.25, 0.3) is 0 Å². The molecule has 1 unspecified atom stereocenters. The van der Waals surface area contributed by atoms with Crippen molar-refractivity contribution < 1.29 is 0 Å². The molecule has 3 heteroatoms. The average Bonchev–Trinajstić information content (AvgIpc) is 1.68. The Bertz CT molecular complexity index is 47.7. The molecule has 0 heterocycles. The van der Waals surface area contributed by atoms with Crippen molar-refractivity contribution in [1.82, 2.24) is 0 Å². The number of rotatable bonds is 2. The molecule has 0 aromatic carbocycles. The van der Waals surface area contributed by atoms with E-state index in [0.29, 0.717) is 5.75 Å². The van der Waals surface area contributed by atoms with Crippen molar-refractivity contribution in [2.24, 2.45) is 5.73 Å². The van der Waals surface area contributed by atoms with Crippen LogP contribution in [0.4, 0.5) is 0 Å². The summed E-state index contributed by atoms with van der Waals surface area (Å²) in [6, 6.07) is 0. The molecule has 0 aromatic rings. The van der Waals surface area contributed by atoms with Crippen LogP contribution in [-0.4, -0.2) is 10.6 Å². The molecule has 0 saturated carbocycles. The molecule has 0 radical (unpaired) electrons. The summed E-state index contributed by atoms with van der Waals surface area (Å²) in [7, 11) is 0. The van der Waals surface area contributed by atoms with Gasteiger partial charge in [-0.1, -0.05) is 6.92 Å². The maximum absolute atomic E-state index is 5.50. The SMILES string of the molecule is CCC(N)(S)CS. The first-order valence-corrected chi connectivity index (χ1v) is 3.32. The van der Waals surface area contributed by atoms with Gasteiger partial charge in [-0.3, -0.25) is 0 Å². The van der Waals surface area contributed by atoms with E-state index in [1.807, 2.05) is 6.92 Å². The van der Waals surface area contributed by atoms with Crippen LogP contribution < -0.4 is 5.73 Å². The Morgan fingerprint density at radius 1 is 1.71 bits per heavy atom. The van der Waals surface area contributed by atoms with E-state index >= 15 is 0 Å². The molecule has 0 amide bonds. The van der Waals surface area contributed by atoms with Gasteiger partial charge in [0.1, 0.15) is 0 Å². The van der Waals surface area contributed by atoms with E-state index in [9.17, 15) is 0 Å². The predicted octanol–water partition coefficient (Wildman–Crippen LogP) is 0.911. The molecule has 44 valence electrons. The van der Waals surface area contributed by atoms with E-state index in [1.54, 1.807) is 0 Å². The summed E-state index contributed by atoms with van der Waals surface area (Å²) in [6.07, 6.45) is 0.861. The Morgan fingerprint density at radius 3 is 2.14 bits per heavy atom. The summed E-state index contributed by atoms with van der Waals surface area (Å²) in [6.45, 7) is 1.99. The maximum atomic E-state index is 5.50. The highest BCUT2D eigenvalue weighted by atomic mass is 32.1. The number of hydrogen-bond donors (Lipinski definition) is 3. The molecule has 0 saturated heterocycles. The molecule has 0 aliphatic carbocycles. The summed E-state index contributed by atoms with van der Waals surface area (Å²) < 4.78 is 0. The van der Waals surface area contributed by atoms with Crippen molar-refractivity contribution in [1.29, 1.82) is 0 Å². The second-order valence-corrected chi connectivity index (χ2v) is 2.82. The smallest absolute Gasteiger partial charge is 0.0676 e. The lowest BCUT2D eigenvalue weighted by molar-refractivity contribution is 0.669. The number of hydrogen-bond acceptors (Lipinski definition) is 3. The Balaban J connectivity index is 3.36. The molecular formula is C4H11NS2. The normalized spacial score (nSPS) is 18.9. The fourth-order valence-corrected chi connectivity index (χ4v) is 0.335. The van der Waals surface area contributed by atoms with Crippen LogP contribution in [0.3, 0.4) is 0 Å². The highest BCUT2D eigenvalue weighted by molar-refractivity contribution is 7.85. The Kier molecular flexibility index (Phi) is 3.11. The lowest BCUT2D eigenvalue weighted by Crippen LogP contribution is -2.34. The van der Waals surface area contributed by atoms with E-state index < -0.39 is 0 Å². The van der Waals surface area contributed by atoms with Crippen LogP contribution in [0, 0.1) is 0 Å². The van der Waals surface area contributed by atoms with E-state index in [1.165, 1.54) is 0 Å². The molecule has 0 bridgehead atoms. The summed E-state index contributed by atoms with van der Waals surface area (Å²) in [5, 5.41) is 0. The van der Waals surface area contributed by atoms with Gasteiger partial charge in [-0.05, 0) is 6.42 Å². The van der Waals surface area contributed by atoms with Crippen molar-refractivity contribution in [3.63, 3.8) is 0 Å². The molecule has 7 heavy (non-hydrogen) atoms. The van der Waals surface area contributed by atoms with E-state index in [4.69, 9.17) is 5.73 Å². The van der Waals surface area contributed by atoms with Crippen LogP contribution in [-0.2, 0) is 0 Å². The van der Waals surface area contributed by atoms with Crippen LogP contribution in [0.15, 0.2) is 0 Å². The first-order chi connectivity index (χ1) is 3.12. The van der Waals surface area contributed by atoms with Crippen molar-refractivity contribution in [2.45, 2.75) is 18.2 Å². The fraction of sp³-hybridized carbons (Fsp3) is 1.00. The lowest BCUT2D eigenvalue weighted by Gasteiger charge is -2.17. The Hall–Kier alpha value is 0.660. The molecule has 0 aliphatic heterocycles. The molecule has 2 N–H and O–H groups in total. The van der Waals surface area contributed by atoms with Gasteiger partial charge < -0.3 is 5.73 Å². The average molecular weight is 137 g/mol. The minimum atomic E-state index is -0.358. The first-order valence-electron chi connectivity index (χ1n) is 2.24. The zero-order valence-electron chi connectivity index (χ0n) is 4.39. The van der Waals surface area contributed by atoms with Crippen LogP contribution >= 0.6 is 25.3 Å². The van der Waals surface area contributed by atoms with E-state index in [-0.39, 0.29) is 4.87 Å². The van der Waals surface area contributed by atoms with Gasteiger partial charge in [0.15, 0.2) is 0 Å². The van der Waals surface area contributed by atoms with Gasteiger partial charge in [0, 0.05) is 5.75 Å². The minimum Gasteiger partial charge on any atom is -0.316 e. The zero-order valence-corrected chi connectivity index (χ0v) is 6.17. The highest BCUT2D eigenvalue weighted by Crippen LogP contribution is 2.11. The quantitative estimate of drug-likeness (QED) is 0.383. The van der Waals surface area contributed by atoms with Crippen LogP contribution in [0.1, 0.15) is 13.3 Å². The summed E-state index contributed by atoms with van der Waals surface area (Å²) >= 11 is 8.07. The second kappa shape index (κ2) is 2.84. The van der Waals surface area contributed by atoms with Gasteiger partial charge in [-0.15, -0.1) is 0 Å². The largest absolute Gasteiger partial charge is 0.316 e. The molecule has 0 spiro atoms. The fourth-order valence-electron chi connectivity index (χ4n) is 0.112. The van der Waals surface area contributed by atoms with E-state index in [2.05, 4.69) is 25.3 Å². The molecule has 1 atom stereocenters. The zero-order chi connectivity index (χ0) is 5.91. The Labute approximate surface area is 55.5 Å². The van der Waals surface area contributed by atoms with Gasteiger partial charge in [0.2, 0.25) is 0 Å². The van der Waals surface area contributed by atoms with Gasteiger partial charge in [-0.2, -0.15) is 25.3 Å². The van der Waals surface area contributed by atoms with Crippen molar-refractivity contribution >= 4 is 25.3 Å². The van der Waals surface area contributed by atoms with Crippen LogP contribution in [0.2, 0.25) is 0 Å². The van der Waals surface area contributed by atoms with Gasteiger partial charge in [0.25, 0.3) is 0 Å². The molecular weight excluding hydrogens is 126 g/mol. The van der Waals surface area contributed by atoms with Gasteiger partial charge >= 0.3 is 0 Å². The Morgan fingerprint density at radius 2 is 2.14 bits per heavy atom. The summed E-state index contributed by atoms with van der Waals surface area (Å²) in [4.78, 5) is -0.358. The van der Waals surface area contributed by atoms with Crippen LogP contribution in [0.5, 0.6) is 0 Å².